The van der Waals surface area contributed by atoms with Gasteiger partial charge in [-0.15, -0.1) is 0 Å². The lowest BCUT2D eigenvalue weighted by Crippen LogP contribution is -2.27. The maximum absolute atomic E-state index is 12.3. The average molecular weight is 375 g/mol. The summed E-state index contributed by atoms with van der Waals surface area (Å²) in [5.74, 6) is -0.616. The molecular formula is C22H21N3O3. The van der Waals surface area contributed by atoms with E-state index in [2.05, 4.69) is 16.0 Å². The quantitative estimate of drug-likeness (QED) is 0.619. The zero-order chi connectivity index (χ0) is 19.9. The zero-order valence-corrected chi connectivity index (χ0v) is 15.5. The van der Waals surface area contributed by atoms with Crippen molar-refractivity contribution in [3.8, 4) is 0 Å². The standard InChI is InChI=1S/C22H21N3O3/c1-23-21(27)16-8-10-19(11-9-16)25-20(26)12-13-24-22(28)18-7-6-15-4-2-3-5-17(15)14-18/h2-11,14H,12-13H2,1H3,(H,23,27)(H,24,28)(H,25,26). The molecule has 0 aliphatic heterocycles. The molecule has 0 saturated heterocycles. The van der Waals surface area contributed by atoms with Crippen molar-refractivity contribution >= 4 is 34.2 Å². The molecule has 28 heavy (non-hydrogen) atoms. The second-order valence-corrected chi connectivity index (χ2v) is 6.27. The number of rotatable bonds is 6. The minimum atomic E-state index is -0.216. The molecule has 6 heteroatoms. The van der Waals surface area contributed by atoms with Crippen molar-refractivity contribution in [3.05, 3.63) is 77.9 Å². The highest BCUT2D eigenvalue weighted by Crippen LogP contribution is 2.15. The van der Waals surface area contributed by atoms with Crippen LogP contribution in [0.4, 0.5) is 5.69 Å². The first-order valence-electron chi connectivity index (χ1n) is 8.96. The van der Waals surface area contributed by atoms with Crippen LogP contribution in [0.3, 0.4) is 0 Å². The Kier molecular flexibility index (Phi) is 6.01. The summed E-state index contributed by atoms with van der Waals surface area (Å²) < 4.78 is 0. The number of hydrogen-bond acceptors (Lipinski definition) is 3. The first-order chi connectivity index (χ1) is 13.6. The van der Waals surface area contributed by atoms with E-state index in [1.165, 1.54) is 0 Å². The van der Waals surface area contributed by atoms with Gasteiger partial charge in [-0.05, 0) is 47.2 Å². The topological polar surface area (TPSA) is 87.3 Å². The highest BCUT2D eigenvalue weighted by Gasteiger charge is 2.08. The molecule has 3 N–H and O–H groups in total. The van der Waals surface area contributed by atoms with Crippen LogP contribution in [0.2, 0.25) is 0 Å². The largest absolute Gasteiger partial charge is 0.355 e. The molecule has 0 heterocycles. The van der Waals surface area contributed by atoms with Crippen LogP contribution in [0, 0.1) is 0 Å². The van der Waals surface area contributed by atoms with Gasteiger partial charge >= 0.3 is 0 Å². The smallest absolute Gasteiger partial charge is 0.251 e. The first-order valence-corrected chi connectivity index (χ1v) is 8.96. The fraction of sp³-hybridized carbons (Fsp3) is 0.136. The molecule has 0 aliphatic rings. The fourth-order valence-corrected chi connectivity index (χ4v) is 2.79. The lowest BCUT2D eigenvalue weighted by molar-refractivity contribution is -0.116. The summed E-state index contributed by atoms with van der Waals surface area (Å²) in [4.78, 5) is 35.8. The van der Waals surface area contributed by atoms with Crippen molar-refractivity contribution in [2.24, 2.45) is 0 Å². The van der Waals surface area contributed by atoms with Gasteiger partial charge in [-0.25, -0.2) is 0 Å². The van der Waals surface area contributed by atoms with Crippen LogP contribution in [0.15, 0.2) is 66.7 Å². The Morgan fingerprint density at radius 3 is 2.18 bits per heavy atom. The van der Waals surface area contributed by atoms with E-state index in [-0.39, 0.29) is 30.7 Å². The van der Waals surface area contributed by atoms with Gasteiger partial charge in [-0.3, -0.25) is 14.4 Å². The molecule has 0 spiro atoms. The van der Waals surface area contributed by atoms with E-state index in [1.54, 1.807) is 37.4 Å². The Labute approximate surface area is 162 Å². The molecule has 3 aromatic rings. The third kappa shape index (κ3) is 4.73. The van der Waals surface area contributed by atoms with E-state index in [1.807, 2.05) is 36.4 Å². The third-order valence-electron chi connectivity index (χ3n) is 4.31. The summed E-state index contributed by atoms with van der Waals surface area (Å²) in [5, 5.41) is 10.1. The molecule has 0 fully saturated rings. The summed E-state index contributed by atoms with van der Waals surface area (Å²) in [6.45, 7) is 0.230. The van der Waals surface area contributed by atoms with Gasteiger partial charge in [0.2, 0.25) is 5.91 Å². The molecule has 6 nitrogen and oxygen atoms in total. The number of benzene rings is 3. The van der Waals surface area contributed by atoms with Gasteiger partial charge in [-0.1, -0.05) is 30.3 Å². The molecule has 0 aromatic heterocycles. The summed E-state index contributed by atoms with van der Waals surface area (Å²) >= 11 is 0. The van der Waals surface area contributed by atoms with Crippen LogP contribution in [-0.2, 0) is 4.79 Å². The van der Waals surface area contributed by atoms with Crippen molar-refractivity contribution in [1.82, 2.24) is 10.6 Å². The monoisotopic (exact) mass is 375 g/mol. The highest BCUT2D eigenvalue weighted by atomic mass is 16.2. The summed E-state index contributed by atoms with van der Waals surface area (Å²) in [6, 6.07) is 19.9. The Morgan fingerprint density at radius 2 is 1.46 bits per heavy atom. The maximum atomic E-state index is 12.3. The summed E-state index contributed by atoms with van der Waals surface area (Å²) in [6.07, 6.45) is 0.149. The predicted molar refractivity (Wildman–Crippen MR) is 109 cm³/mol. The number of hydrogen-bond donors (Lipinski definition) is 3. The minimum absolute atomic E-state index is 0.149. The van der Waals surface area contributed by atoms with E-state index < -0.39 is 0 Å². The van der Waals surface area contributed by atoms with Crippen molar-refractivity contribution in [2.45, 2.75) is 6.42 Å². The van der Waals surface area contributed by atoms with Gasteiger partial charge in [0.05, 0.1) is 0 Å². The highest BCUT2D eigenvalue weighted by molar-refractivity contribution is 5.99. The predicted octanol–water partition coefficient (Wildman–Crippen LogP) is 2.96. The SMILES string of the molecule is CNC(=O)c1ccc(NC(=O)CCNC(=O)c2ccc3ccccc3c2)cc1. The van der Waals surface area contributed by atoms with E-state index in [0.29, 0.717) is 16.8 Å². The fourth-order valence-electron chi connectivity index (χ4n) is 2.79. The molecule has 0 aliphatic carbocycles. The van der Waals surface area contributed by atoms with E-state index in [9.17, 15) is 14.4 Å². The van der Waals surface area contributed by atoms with Crippen LogP contribution in [0.1, 0.15) is 27.1 Å². The number of amides is 3. The zero-order valence-electron chi connectivity index (χ0n) is 15.5. The Hall–Kier alpha value is -3.67. The number of fused-ring (bicyclic) bond motifs is 1. The molecule has 3 amide bonds. The second-order valence-electron chi connectivity index (χ2n) is 6.27. The Bertz CT molecular complexity index is 1010. The second kappa shape index (κ2) is 8.81. The van der Waals surface area contributed by atoms with Crippen LogP contribution in [0.5, 0.6) is 0 Å². The van der Waals surface area contributed by atoms with Gasteiger partial charge in [0, 0.05) is 36.8 Å². The lowest BCUT2D eigenvalue weighted by atomic mass is 10.1. The third-order valence-corrected chi connectivity index (χ3v) is 4.31. The molecule has 3 rings (SSSR count). The molecule has 0 atom stereocenters. The van der Waals surface area contributed by atoms with Crippen LogP contribution >= 0.6 is 0 Å². The van der Waals surface area contributed by atoms with Gasteiger partial charge in [0.25, 0.3) is 11.8 Å². The molecule has 142 valence electrons. The lowest BCUT2D eigenvalue weighted by Gasteiger charge is -2.08. The van der Waals surface area contributed by atoms with Gasteiger partial charge in [-0.2, -0.15) is 0 Å². The van der Waals surface area contributed by atoms with E-state index >= 15 is 0 Å². The normalized spacial score (nSPS) is 10.3. The van der Waals surface area contributed by atoms with E-state index in [4.69, 9.17) is 0 Å². The number of nitrogens with one attached hydrogen (secondary N) is 3. The van der Waals surface area contributed by atoms with Crippen molar-refractivity contribution in [2.75, 3.05) is 18.9 Å². The average Bonchev–Trinajstić information content (AvgIpc) is 2.73. The number of anilines is 1. The Balaban J connectivity index is 1.49. The van der Waals surface area contributed by atoms with Crippen molar-refractivity contribution in [1.29, 1.82) is 0 Å². The number of carbonyl (C=O) groups is 3. The Morgan fingerprint density at radius 1 is 0.786 bits per heavy atom. The van der Waals surface area contributed by atoms with Crippen molar-refractivity contribution in [3.63, 3.8) is 0 Å². The van der Waals surface area contributed by atoms with Crippen LogP contribution in [0.25, 0.3) is 10.8 Å². The van der Waals surface area contributed by atoms with E-state index in [0.717, 1.165) is 10.8 Å². The van der Waals surface area contributed by atoms with Gasteiger partial charge in [0.1, 0.15) is 0 Å². The molecule has 3 aromatic carbocycles. The van der Waals surface area contributed by atoms with Gasteiger partial charge < -0.3 is 16.0 Å². The first kappa shape index (κ1) is 19.1. The van der Waals surface area contributed by atoms with Crippen molar-refractivity contribution < 1.29 is 14.4 Å². The summed E-state index contributed by atoms with van der Waals surface area (Å²) in [5.41, 5.74) is 1.67. The van der Waals surface area contributed by atoms with Crippen LogP contribution in [-0.4, -0.2) is 31.3 Å². The maximum Gasteiger partial charge on any atom is 0.251 e. The summed E-state index contributed by atoms with van der Waals surface area (Å²) in [7, 11) is 1.56. The number of carbonyl (C=O) groups excluding carboxylic acids is 3. The molecule has 0 radical (unpaired) electrons. The molecule has 0 bridgehead atoms. The van der Waals surface area contributed by atoms with Gasteiger partial charge in [0.15, 0.2) is 0 Å². The minimum Gasteiger partial charge on any atom is -0.355 e. The van der Waals surface area contributed by atoms with Crippen LogP contribution < -0.4 is 16.0 Å². The molecular weight excluding hydrogens is 354 g/mol. The molecule has 0 unspecified atom stereocenters. The molecule has 0 saturated carbocycles.